The summed E-state index contributed by atoms with van der Waals surface area (Å²) in [5.74, 6) is -2.68. The van der Waals surface area contributed by atoms with Gasteiger partial charge in [0.1, 0.15) is 6.04 Å². The van der Waals surface area contributed by atoms with Crippen molar-refractivity contribution in [3.63, 3.8) is 0 Å². The quantitative estimate of drug-likeness (QED) is 0.302. The Morgan fingerprint density at radius 1 is 1.21 bits per heavy atom. The van der Waals surface area contributed by atoms with Gasteiger partial charge in [-0.1, -0.05) is 0 Å². The minimum Gasteiger partial charge on any atom is -0.481 e. The Hall–Kier alpha value is -0.790. The van der Waals surface area contributed by atoms with E-state index < -0.39 is 32.5 Å². The van der Waals surface area contributed by atoms with Crippen LogP contribution in [0.5, 0.6) is 0 Å². The summed E-state index contributed by atoms with van der Waals surface area (Å²) in [7, 11) is -4.41. The third kappa shape index (κ3) is 6.70. The van der Waals surface area contributed by atoms with Crippen molar-refractivity contribution in [2.45, 2.75) is 18.9 Å². The maximum atomic E-state index is 10.4. The smallest absolute Gasteiger partial charge is 0.481 e. The van der Waals surface area contributed by atoms with Crippen LogP contribution < -0.4 is 5.09 Å². The van der Waals surface area contributed by atoms with Gasteiger partial charge in [-0.3, -0.25) is 9.59 Å². The number of aliphatic carboxylic acids is 2. The summed E-state index contributed by atoms with van der Waals surface area (Å²) in [6.45, 7) is 0. The average molecular weight is 228 g/mol. The minimum atomic E-state index is -4.41. The number of hydrogen-bond acceptors (Lipinski definition) is 6. The van der Waals surface area contributed by atoms with Crippen molar-refractivity contribution in [2.75, 3.05) is 0 Å². The van der Waals surface area contributed by atoms with Crippen LogP contribution >= 0.6 is 8.09 Å². The second kappa shape index (κ2) is 5.18. The van der Waals surface area contributed by atoms with Crippen LogP contribution in [0, 0.1) is 0 Å². The molecule has 0 aliphatic rings. The van der Waals surface area contributed by atoms with Crippen LogP contribution in [0.1, 0.15) is 12.8 Å². The molecule has 1 unspecified atom stereocenters. The second-order valence-electron chi connectivity index (χ2n) is 2.52. The van der Waals surface area contributed by atoms with Gasteiger partial charge in [-0.15, -0.1) is 5.09 Å². The van der Waals surface area contributed by atoms with Crippen LogP contribution in [0.3, 0.4) is 0 Å². The van der Waals surface area contributed by atoms with Gasteiger partial charge in [0, 0.05) is 6.42 Å². The Morgan fingerprint density at radius 2 is 1.71 bits per heavy atom. The zero-order valence-electron chi connectivity index (χ0n) is 6.99. The number of hydrogen-bond donors (Lipinski definition) is 6. The first-order valence-electron chi connectivity index (χ1n) is 3.52. The van der Waals surface area contributed by atoms with Crippen molar-refractivity contribution < 1.29 is 34.5 Å². The van der Waals surface area contributed by atoms with E-state index in [9.17, 15) is 9.59 Å². The third-order valence-corrected chi connectivity index (χ3v) is 1.93. The van der Waals surface area contributed by atoms with Crippen molar-refractivity contribution in [2.24, 2.45) is 0 Å². The SMILES string of the molecule is O=C(O)CCC(N[P+](O)(O)O)C(=O)O. The fraction of sp³-hybridized carbons (Fsp3) is 0.600. The maximum Gasteiger partial charge on any atom is 0.494 e. The van der Waals surface area contributed by atoms with E-state index in [1.54, 1.807) is 5.09 Å². The van der Waals surface area contributed by atoms with Crippen LogP contribution in [0.2, 0.25) is 0 Å². The normalized spacial score (nSPS) is 13.6. The molecule has 1 atom stereocenters. The molecule has 14 heavy (non-hydrogen) atoms. The molecule has 0 radical (unpaired) electrons. The largest absolute Gasteiger partial charge is 0.494 e. The topological polar surface area (TPSA) is 147 Å². The molecule has 0 heterocycles. The Kier molecular flexibility index (Phi) is 4.89. The standard InChI is InChI=1S/C5H10NO7P/c7-4(8)2-1-3(5(9)10)6-14(11,12)13/h3,6,11-13H,1-2H2,(H-,7,8,9,10)/p+1. The number of carbonyl (C=O) groups is 2. The summed E-state index contributed by atoms with van der Waals surface area (Å²) >= 11 is 0. The highest BCUT2D eigenvalue weighted by atomic mass is 31.2. The van der Waals surface area contributed by atoms with Gasteiger partial charge in [-0.05, 0) is 6.42 Å². The second-order valence-corrected chi connectivity index (χ2v) is 3.92. The fourth-order valence-corrected chi connectivity index (χ4v) is 1.38. The third-order valence-electron chi connectivity index (χ3n) is 1.27. The molecular formula is C5H11NO7P+. The van der Waals surface area contributed by atoms with Crippen LogP contribution in [0.25, 0.3) is 0 Å². The lowest BCUT2D eigenvalue weighted by atomic mass is 10.2. The predicted octanol–water partition coefficient (Wildman–Crippen LogP) is -1.45. The zero-order valence-corrected chi connectivity index (χ0v) is 7.89. The Morgan fingerprint density at radius 3 is 2.00 bits per heavy atom. The van der Waals surface area contributed by atoms with E-state index in [-0.39, 0.29) is 6.42 Å². The molecule has 6 N–H and O–H groups in total. The fourth-order valence-electron chi connectivity index (χ4n) is 0.720. The van der Waals surface area contributed by atoms with E-state index in [2.05, 4.69) is 0 Å². The molecule has 0 aliphatic heterocycles. The van der Waals surface area contributed by atoms with Crippen LogP contribution in [-0.4, -0.2) is 42.9 Å². The van der Waals surface area contributed by atoms with E-state index in [0.29, 0.717) is 0 Å². The Bertz CT molecular complexity index is 225. The molecule has 8 nitrogen and oxygen atoms in total. The number of carboxylic acids is 2. The highest BCUT2D eigenvalue weighted by molar-refractivity contribution is 7.56. The van der Waals surface area contributed by atoms with Gasteiger partial charge in [-0.25, -0.2) is 0 Å². The highest BCUT2D eigenvalue weighted by Crippen LogP contribution is 2.39. The molecule has 0 saturated carbocycles. The predicted molar refractivity (Wildman–Crippen MR) is 45.0 cm³/mol. The summed E-state index contributed by atoms with van der Waals surface area (Å²) in [5.41, 5.74) is 0. The van der Waals surface area contributed by atoms with Gasteiger partial charge in [0.05, 0.1) is 0 Å². The zero-order chi connectivity index (χ0) is 11.4. The number of carboxylic acid groups (broad SMARTS) is 2. The monoisotopic (exact) mass is 228 g/mol. The maximum absolute atomic E-state index is 10.4. The molecule has 0 aromatic rings. The summed E-state index contributed by atoms with van der Waals surface area (Å²) in [4.78, 5) is 46.0. The van der Waals surface area contributed by atoms with Crippen molar-refractivity contribution >= 4 is 20.0 Å². The lowest BCUT2D eigenvalue weighted by Gasteiger charge is -2.12. The minimum absolute atomic E-state index is 0.353. The molecule has 0 saturated heterocycles. The van der Waals surface area contributed by atoms with Crippen LogP contribution in [0.4, 0.5) is 0 Å². The molecule has 0 spiro atoms. The first kappa shape index (κ1) is 13.2. The summed E-state index contributed by atoms with van der Waals surface area (Å²) in [5, 5.41) is 18.3. The summed E-state index contributed by atoms with van der Waals surface area (Å²) in [6.07, 6.45) is -0.807. The first-order valence-corrected chi connectivity index (χ1v) is 5.17. The van der Waals surface area contributed by atoms with E-state index in [4.69, 9.17) is 24.9 Å². The molecule has 0 rings (SSSR count). The molecule has 0 fully saturated rings. The van der Waals surface area contributed by atoms with Gasteiger partial charge >= 0.3 is 20.0 Å². The molecule has 0 bridgehead atoms. The highest BCUT2D eigenvalue weighted by Gasteiger charge is 2.37. The van der Waals surface area contributed by atoms with Crippen LogP contribution in [0.15, 0.2) is 0 Å². The van der Waals surface area contributed by atoms with E-state index >= 15 is 0 Å². The molecule has 82 valence electrons. The lowest BCUT2D eigenvalue weighted by Crippen LogP contribution is -2.36. The van der Waals surface area contributed by atoms with Gasteiger partial charge in [0.25, 0.3) is 0 Å². The van der Waals surface area contributed by atoms with Gasteiger partial charge in [0.15, 0.2) is 0 Å². The van der Waals surface area contributed by atoms with Gasteiger partial charge in [-0.2, -0.15) is 14.7 Å². The van der Waals surface area contributed by atoms with Crippen LogP contribution in [-0.2, 0) is 9.59 Å². The van der Waals surface area contributed by atoms with Crippen molar-refractivity contribution in [1.29, 1.82) is 0 Å². The number of rotatable bonds is 6. The summed E-state index contributed by atoms with van der Waals surface area (Å²) < 4.78 is 0. The van der Waals surface area contributed by atoms with Gasteiger partial charge in [0.2, 0.25) is 0 Å². The molecular weight excluding hydrogens is 217 g/mol. The Balaban J connectivity index is 4.17. The van der Waals surface area contributed by atoms with Crippen molar-refractivity contribution in [3.05, 3.63) is 0 Å². The summed E-state index contributed by atoms with van der Waals surface area (Å²) in [6, 6.07) is -1.50. The van der Waals surface area contributed by atoms with E-state index in [0.717, 1.165) is 0 Å². The first-order chi connectivity index (χ1) is 6.22. The average Bonchev–Trinajstić information content (AvgIpc) is 1.94. The van der Waals surface area contributed by atoms with E-state index in [1.165, 1.54) is 0 Å². The van der Waals surface area contributed by atoms with Gasteiger partial charge < -0.3 is 10.2 Å². The Labute approximate surface area is 79.4 Å². The van der Waals surface area contributed by atoms with Crippen molar-refractivity contribution in [3.8, 4) is 0 Å². The number of nitrogens with one attached hydrogen (secondary N) is 1. The van der Waals surface area contributed by atoms with Crippen molar-refractivity contribution in [1.82, 2.24) is 5.09 Å². The molecule has 0 aliphatic carbocycles. The molecule has 9 heteroatoms. The lowest BCUT2D eigenvalue weighted by molar-refractivity contribution is -0.140. The molecule has 0 amide bonds. The van der Waals surface area contributed by atoms with E-state index in [1.807, 2.05) is 0 Å². The molecule has 0 aromatic heterocycles. The molecule has 0 aromatic carbocycles.